The number of hydrogen-bond donors (Lipinski definition) is 1. The van der Waals surface area contributed by atoms with Crippen LogP contribution >= 0.6 is 0 Å². The predicted octanol–water partition coefficient (Wildman–Crippen LogP) is 1.88. The van der Waals surface area contributed by atoms with Crippen LogP contribution in [0.3, 0.4) is 0 Å². The zero-order valence-electron chi connectivity index (χ0n) is 9.78. The highest BCUT2D eigenvalue weighted by Gasteiger charge is 2.10. The zero-order valence-corrected chi connectivity index (χ0v) is 9.78. The molecule has 4 nitrogen and oxygen atoms in total. The first-order valence-corrected chi connectivity index (χ1v) is 5.28. The fraction of sp³-hybridized carbons (Fsp3) is 0.333. The number of Topliss-reactive ketones (excluding diaryl/α,β-unsaturated/α-hetero) is 1. The number of ether oxygens (including phenoxy) is 1. The van der Waals surface area contributed by atoms with E-state index in [2.05, 4.69) is 10.1 Å². The molecule has 0 fully saturated rings. The number of nitrogens with one attached hydrogen (secondary N) is 1. The molecular formula is C12H13F2NO3. The molecule has 1 aromatic carbocycles. The molecule has 0 aliphatic carbocycles. The Hall–Kier alpha value is -1.98. The highest BCUT2D eigenvalue weighted by Crippen LogP contribution is 2.19. The lowest BCUT2D eigenvalue weighted by atomic mass is 10.2. The molecule has 1 N–H and O–H groups in total. The third kappa shape index (κ3) is 4.90. The van der Waals surface area contributed by atoms with Crippen molar-refractivity contribution in [3.8, 4) is 5.75 Å². The van der Waals surface area contributed by atoms with Crippen LogP contribution in [-0.4, -0.2) is 18.3 Å². The van der Waals surface area contributed by atoms with E-state index in [0.29, 0.717) is 5.56 Å². The number of carbonyl (C=O) groups is 2. The van der Waals surface area contributed by atoms with Gasteiger partial charge in [-0.25, -0.2) is 0 Å². The number of alkyl halides is 2. The minimum Gasteiger partial charge on any atom is -0.434 e. The molecule has 0 spiro atoms. The second-order valence-corrected chi connectivity index (χ2v) is 3.64. The Morgan fingerprint density at radius 3 is 2.61 bits per heavy atom. The van der Waals surface area contributed by atoms with Crippen molar-refractivity contribution in [2.24, 2.45) is 0 Å². The third-order valence-electron chi connectivity index (χ3n) is 2.07. The van der Waals surface area contributed by atoms with Gasteiger partial charge in [0.05, 0.1) is 6.42 Å². The van der Waals surface area contributed by atoms with Crippen molar-refractivity contribution in [1.29, 1.82) is 0 Å². The Balaban J connectivity index is 2.61. The molecule has 0 bridgehead atoms. The van der Waals surface area contributed by atoms with Crippen LogP contribution in [0.15, 0.2) is 24.3 Å². The largest absolute Gasteiger partial charge is 0.434 e. The van der Waals surface area contributed by atoms with Gasteiger partial charge >= 0.3 is 6.61 Å². The van der Waals surface area contributed by atoms with Gasteiger partial charge in [-0.1, -0.05) is 18.2 Å². The van der Waals surface area contributed by atoms with Crippen LogP contribution in [-0.2, 0) is 16.1 Å². The number of amides is 1. The topological polar surface area (TPSA) is 55.4 Å². The van der Waals surface area contributed by atoms with Crippen molar-refractivity contribution in [3.05, 3.63) is 29.8 Å². The summed E-state index contributed by atoms with van der Waals surface area (Å²) in [6.45, 7) is -1.58. The van der Waals surface area contributed by atoms with Crippen LogP contribution in [0.25, 0.3) is 0 Å². The summed E-state index contributed by atoms with van der Waals surface area (Å²) in [5.41, 5.74) is 0.426. The van der Waals surface area contributed by atoms with E-state index in [9.17, 15) is 18.4 Å². The summed E-state index contributed by atoms with van der Waals surface area (Å²) in [5, 5.41) is 2.46. The summed E-state index contributed by atoms with van der Waals surface area (Å²) in [5.74, 6) is -0.699. The lowest BCUT2D eigenvalue weighted by Crippen LogP contribution is -2.24. The molecule has 0 atom stereocenters. The van der Waals surface area contributed by atoms with E-state index in [4.69, 9.17) is 0 Å². The summed E-state index contributed by atoms with van der Waals surface area (Å²) in [7, 11) is 0. The molecule has 0 radical (unpaired) electrons. The van der Waals surface area contributed by atoms with Crippen molar-refractivity contribution in [3.63, 3.8) is 0 Å². The first-order chi connectivity index (χ1) is 8.49. The van der Waals surface area contributed by atoms with Crippen molar-refractivity contribution in [2.45, 2.75) is 26.5 Å². The molecular weight excluding hydrogens is 244 g/mol. The molecule has 98 valence electrons. The number of ketones is 1. The van der Waals surface area contributed by atoms with Gasteiger partial charge in [-0.05, 0) is 13.0 Å². The van der Waals surface area contributed by atoms with Crippen LogP contribution in [0.5, 0.6) is 5.75 Å². The third-order valence-corrected chi connectivity index (χ3v) is 2.07. The van der Waals surface area contributed by atoms with E-state index in [1.807, 2.05) is 0 Å². The smallest absolute Gasteiger partial charge is 0.387 e. The van der Waals surface area contributed by atoms with Gasteiger partial charge in [0.1, 0.15) is 11.5 Å². The van der Waals surface area contributed by atoms with Crippen LogP contribution in [0.4, 0.5) is 8.78 Å². The molecule has 1 aromatic rings. The van der Waals surface area contributed by atoms with Crippen LogP contribution in [0, 0.1) is 0 Å². The Morgan fingerprint density at radius 1 is 1.33 bits per heavy atom. The molecule has 0 aliphatic heterocycles. The molecule has 0 saturated heterocycles. The molecule has 0 aromatic heterocycles. The summed E-state index contributed by atoms with van der Waals surface area (Å²) >= 11 is 0. The van der Waals surface area contributed by atoms with E-state index in [1.54, 1.807) is 18.2 Å². The van der Waals surface area contributed by atoms with E-state index in [-0.39, 0.29) is 24.5 Å². The number of rotatable bonds is 6. The van der Waals surface area contributed by atoms with E-state index < -0.39 is 12.5 Å². The molecule has 1 amide bonds. The predicted molar refractivity (Wildman–Crippen MR) is 60.2 cm³/mol. The van der Waals surface area contributed by atoms with Gasteiger partial charge in [-0.3, -0.25) is 9.59 Å². The quantitative estimate of drug-likeness (QED) is 0.792. The van der Waals surface area contributed by atoms with Crippen LogP contribution in [0.1, 0.15) is 18.9 Å². The molecule has 18 heavy (non-hydrogen) atoms. The first-order valence-electron chi connectivity index (χ1n) is 5.28. The lowest BCUT2D eigenvalue weighted by Gasteiger charge is -2.10. The maximum atomic E-state index is 12.1. The zero-order chi connectivity index (χ0) is 13.5. The summed E-state index contributed by atoms with van der Waals surface area (Å²) in [6.07, 6.45) is -0.224. The van der Waals surface area contributed by atoms with Gasteiger partial charge in [-0.2, -0.15) is 8.78 Å². The number of carbonyl (C=O) groups excluding carboxylic acids is 2. The van der Waals surface area contributed by atoms with Crippen LogP contribution in [0.2, 0.25) is 0 Å². The van der Waals surface area contributed by atoms with Crippen LogP contribution < -0.4 is 10.1 Å². The summed E-state index contributed by atoms with van der Waals surface area (Å²) in [6, 6.07) is 6.15. The van der Waals surface area contributed by atoms with Crippen molar-refractivity contribution >= 4 is 11.7 Å². The maximum Gasteiger partial charge on any atom is 0.387 e. The minimum atomic E-state index is -2.92. The van der Waals surface area contributed by atoms with Gasteiger partial charge < -0.3 is 10.1 Å². The normalized spacial score (nSPS) is 10.2. The highest BCUT2D eigenvalue weighted by atomic mass is 19.3. The van der Waals surface area contributed by atoms with Crippen molar-refractivity contribution in [2.75, 3.05) is 0 Å². The Morgan fingerprint density at radius 2 is 2.00 bits per heavy atom. The highest BCUT2D eigenvalue weighted by molar-refractivity contribution is 5.96. The fourth-order valence-electron chi connectivity index (χ4n) is 1.34. The molecule has 0 unspecified atom stereocenters. The van der Waals surface area contributed by atoms with E-state index in [0.717, 1.165) is 0 Å². The average Bonchev–Trinajstić information content (AvgIpc) is 2.26. The standard InChI is InChI=1S/C12H13F2NO3/c1-8(16)6-11(17)15-7-9-4-2-3-5-10(9)18-12(13)14/h2-5,12H,6-7H2,1H3,(H,15,17). The van der Waals surface area contributed by atoms with E-state index in [1.165, 1.54) is 13.0 Å². The second kappa shape index (κ2) is 6.68. The average molecular weight is 257 g/mol. The number of halogens is 2. The molecule has 0 saturated carbocycles. The Kier molecular flexibility index (Phi) is 5.23. The van der Waals surface area contributed by atoms with Gasteiger partial charge in [0.15, 0.2) is 0 Å². The molecule has 1 rings (SSSR count). The molecule has 0 aliphatic rings. The van der Waals surface area contributed by atoms with Gasteiger partial charge in [0.25, 0.3) is 0 Å². The SMILES string of the molecule is CC(=O)CC(=O)NCc1ccccc1OC(F)F. The van der Waals surface area contributed by atoms with Gasteiger partial charge in [-0.15, -0.1) is 0 Å². The van der Waals surface area contributed by atoms with Gasteiger partial charge in [0, 0.05) is 12.1 Å². The first kappa shape index (κ1) is 14.1. The monoisotopic (exact) mass is 257 g/mol. The summed E-state index contributed by atoms with van der Waals surface area (Å²) in [4.78, 5) is 21.9. The van der Waals surface area contributed by atoms with Crippen molar-refractivity contribution < 1.29 is 23.1 Å². The fourth-order valence-corrected chi connectivity index (χ4v) is 1.34. The molecule has 6 heteroatoms. The summed E-state index contributed by atoms with van der Waals surface area (Å²) < 4.78 is 28.5. The Labute approximate surface area is 103 Å². The number of para-hydroxylation sites is 1. The molecule has 0 heterocycles. The number of hydrogen-bond acceptors (Lipinski definition) is 3. The van der Waals surface area contributed by atoms with Gasteiger partial charge in [0.2, 0.25) is 5.91 Å². The minimum absolute atomic E-state index is 0.00984. The lowest BCUT2D eigenvalue weighted by molar-refractivity contribution is -0.127. The van der Waals surface area contributed by atoms with E-state index >= 15 is 0 Å². The second-order valence-electron chi connectivity index (χ2n) is 3.64. The number of benzene rings is 1. The maximum absolute atomic E-state index is 12.1. The van der Waals surface area contributed by atoms with Crippen molar-refractivity contribution in [1.82, 2.24) is 5.32 Å². The Bertz CT molecular complexity index is 435.